The molecule has 0 spiro atoms. The molecule has 3 rings (SSSR count). The van der Waals surface area contributed by atoms with Crippen LogP contribution in [-0.4, -0.2) is 41.9 Å². The Morgan fingerprint density at radius 1 is 0.917 bits per heavy atom. The van der Waals surface area contributed by atoms with Crippen LogP contribution in [0.3, 0.4) is 0 Å². The molecule has 0 N–H and O–H groups in total. The van der Waals surface area contributed by atoms with Crippen molar-refractivity contribution in [3.63, 3.8) is 0 Å². The maximum absolute atomic E-state index is 13.3. The van der Waals surface area contributed by atoms with Crippen LogP contribution in [0.25, 0.3) is 0 Å². The smallest absolute Gasteiger partial charge is 0.254 e. The first-order valence-corrected chi connectivity index (χ1v) is 8.13. The molecule has 1 saturated heterocycles. The highest BCUT2D eigenvalue weighted by Gasteiger charge is 2.20. The average Bonchev–Trinajstić information content (AvgIpc) is 2.80. The van der Waals surface area contributed by atoms with E-state index in [0.29, 0.717) is 25.2 Å². The summed E-state index contributed by atoms with van der Waals surface area (Å²) in [5, 5.41) is 0. The first kappa shape index (κ1) is 16.6. The van der Waals surface area contributed by atoms with Gasteiger partial charge in [-0.3, -0.25) is 9.69 Å². The molecule has 0 aromatic heterocycles. The van der Waals surface area contributed by atoms with Gasteiger partial charge in [0.15, 0.2) is 0 Å². The van der Waals surface area contributed by atoms with Crippen LogP contribution < -0.4 is 0 Å². The molecule has 0 unspecified atom stereocenters. The summed E-state index contributed by atoms with van der Waals surface area (Å²) in [7, 11) is 0. The molecule has 0 aliphatic carbocycles. The van der Waals surface area contributed by atoms with Gasteiger partial charge >= 0.3 is 0 Å². The third kappa shape index (κ3) is 4.17. The first-order chi connectivity index (χ1) is 11.6. The fourth-order valence-corrected chi connectivity index (χ4v) is 3.03. The monoisotopic (exact) mass is 330 g/mol. The number of amides is 1. The van der Waals surface area contributed by atoms with Crippen molar-refractivity contribution in [3.8, 4) is 0 Å². The summed E-state index contributed by atoms with van der Waals surface area (Å²) in [5.74, 6) is -0.768. The van der Waals surface area contributed by atoms with Crippen molar-refractivity contribution in [2.45, 2.75) is 13.0 Å². The van der Waals surface area contributed by atoms with Crippen molar-refractivity contribution in [2.24, 2.45) is 0 Å². The number of carbonyl (C=O) groups excluding carboxylic acids is 1. The number of hydrogen-bond donors (Lipinski definition) is 0. The predicted octanol–water partition coefficient (Wildman–Crippen LogP) is 3.31. The third-order valence-electron chi connectivity index (χ3n) is 4.24. The summed E-state index contributed by atoms with van der Waals surface area (Å²) >= 11 is 0. The lowest BCUT2D eigenvalue weighted by Crippen LogP contribution is -2.35. The molecule has 126 valence electrons. The van der Waals surface area contributed by atoms with Crippen LogP contribution in [0.2, 0.25) is 0 Å². The zero-order valence-corrected chi connectivity index (χ0v) is 13.4. The van der Waals surface area contributed by atoms with Crippen molar-refractivity contribution >= 4 is 5.91 Å². The summed E-state index contributed by atoms with van der Waals surface area (Å²) in [6.45, 7) is 3.47. The third-order valence-corrected chi connectivity index (χ3v) is 4.24. The highest BCUT2D eigenvalue weighted by molar-refractivity contribution is 5.94. The van der Waals surface area contributed by atoms with Crippen molar-refractivity contribution in [2.75, 3.05) is 26.2 Å². The van der Waals surface area contributed by atoms with Crippen molar-refractivity contribution < 1.29 is 13.6 Å². The van der Waals surface area contributed by atoms with E-state index in [9.17, 15) is 13.6 Å². The van der Waals surface area contributed by atoms with Gasteiger partial charge in [-0.15, -0.1) is 0 Å². The molecule has 1 aliphatic heterocycles. The highest BCUT2D eigenvalue weighted by Crippen LogP contribution is 2.13. The zero-order chi connectivity index (χ0) is 16.9. The lowest BCUT2D eigenvalue weighted by molar-refractivity contribution is 0.0760. The second kappa shape index (κ2) is 7.53. The van der Waals surface area contributed by atoms with Gasteiger partial charge in [0.2, 0.25) is 0 Å². The van der Waals surface area contributed by atoms with Crippen LogP contribution in [0, 0.1) is 11.6 Å². The molecule has 0 atom stereocenters. The van der Waals surface area contributed by atoms with Gasteiger partial charge in [0.05, 0.1) is 0 Å². The molecular formula is C19H20F2N2O. The highest BCUT2D eigenvalue weighted by atomic mass is 19.1. The summed E-state index contributed by atoms with van der Waals surface area (Å²) in [4.78, 5) is 16.5. The number of benzene rings is 2. The number of hydrogen-bond acceptors (Lipinski definition) is 2. The predicted molar refractivity (Wildman–Crippen MR) is 88.6 cm³/mol. The Kier molecular flexibility index (Phi) is 5.20. The molecule has 2 aromatic carbocycles. The van der Waals surface area contributed by atoms with Gasteiger partial charge in [-0.25, -0.2) is 8.78 Å². The summed E-state index contributed by atoms with van der Waals surface area (Å²) in [6.07, 6.45) is 0.844. The molecule has 0 radical (unpaired) electrons. The molecule has 1 amide bonds. The van der Waals surface area contributed by atoms with Gasteiger partial charge in [0.25, 0.3) is 5.91 Å². The summed E-state index contributed by atoms with van der Waals surface area (Å²) in [5.41, 5.74) is 1.31. The molecule has 5 heteroatoms. The van der Waals surface area contributed by atoms with Gasteiger partial charge < -0.3 is 4.90 Å². The fourth-order valence-electron chi connectivity index (χ4n) is 3.03. The topological polar surface area (TPSA) is 23.6 Å². The molecule has 2 aromatic rings. The molecule has 1 aliphatic rings. The Balaban J connectivity index is 1.61. The minimum Gasteiger partial charge on any atom is -0.337 e. The Hall–Kier alpha value is -2.27. The van der Waals surface area contributed by atoms with E-state index in [4.69, 9.17) is 0 Å². The quantitative estimate of drug-likeness (QED) is 0.862. The fraction of sp³-hybridized carbons (Fsp3) is 0.316. The van der Waals surface area contributed by atoms with Crippen LogP contribution in [0.15, 0.2) is 48.5 Å². The second-order valence-corrected chi connectivity index (χ2v) is 6.06. The molecule has 3 nitrogen and oxygen atoms in total. The molecule has 0 saturated carbocycles. The average molecular weight is 330 g/mol. The zero-order valence-electron chi connectivity index (χ0n) is 13.4. The minimum atomic E-state index is -0.400. The standard InChI is InChI=1S/C19H20F2N2O/c20-17-6-1-4-15(12-17)14-22-8-3-9-23(11-10-22)19(24)16-5-2-7-18(21)13-16/h1-2,4-7,12-13H,3,8-11,14H2. The summed E-state index contributed by atoms with van der Waals surface area (Å²) in [6, 6.07) is 12.4. The van der Waals surface area contributed by atoms with Crippen LogP contribution in [0.4, 0.5) is 8.78 Å². The lowest BCUT2D eigenvalue weighted by Gasteiger charge is -2.22. The Morgan fingerprint density at radius 2 is 1.67 bits per heavy atom. The van der Waals surface area contributed by atoms with E-state index in [2.05, 4.69) is 4.90 Å². The normalized spacial score (nSPS) is 16.0. The van der Waals surface area contributed by atoms with Crippen molar-refractivity contribution in [1.29, 1.82) is 0 Å². The van der Waals surface area contributed by atoms with E-state index < -0.39 is 5.82 Å². The van der Waals surface area contributed by atoms with Crippen molar-refractivity contribution in [3.05, 3.63) is 71.3 Å². The van der Waals surface area contributed by atoms with E-state index in [1.165, 1.54) is 18.2 Å². The van der Waals surface area contributed by atoms with E-state index in [0.717, 1.165) is 25.1 Å². The van der Waals surface area contributed by atoms with Crippen molar-refractivity contribution in [1.82, 2.24) is 9.80 Å². The number of carbonyl (C=O) groups is 1. The largest absolute Gasteiger partial charge is 0.337 e. The molecule has 24 heavy (non-hydrogen) atoms. The first-order valence-electron chi connectivity index (χ1n) is 8.13. The van der Waals surface area contributed by atoms with Crippen LogP contribution in [-0.2, 0) is 6.54 Å². The number of rotatable bonds is 3. The van der Waals surface area contributed by atoms with E-state index >= 15 is 0 Å². The minimum absolute atomic E-state index is 0.137. The van der Waals surface area contributed by atoms with Gasteiger partial charge in [-0.05, 0) is 42.3 Å². The maximum atomic E-state index is 13.3. The van der Waals surface area contributed by atoms with E-state index in [-0.39, 0.29) is 11.7 Å². The van der Waals surface area contributed by atoms with E-state index in [1.807, 2.05) is 6.07 Å². The second-order valence-electron chi connectivity index (χ2n) is 6.06. The Bertz CT molecular complexity index is 720. The molecule has 0 bridgehead atoms. The molecule has 1 heterocycles. The van der Waals surface area contributed by atoms with Crippen LogP contribution in [0.5, 0.6) is 0 Å². The Morgan fingerprint density at radius 3 is 2.42 bits per heavy atom. The van der Waals surface area contributed by atoms with Gasteiger partial charge in [-0.1, -0.05) is 18.2 Å². The lowest BCUT2D eigenvalue weighted by atomic mass is 10.2. The number of halogens is 2. The van der Waals surface area contributed by atoms with Gasteiger partial charge in [0.1, 0.15) is 11.6 Å². The SMILES string of the molecule is O=C(c1cccc(F)c1)N1CCCN(Cc2cccc(F)c2)CC1. The van der Waals surface area contributed by atoms with Gasteiger partial charge in [-0.2, -0.15) is 0 Å². The number of nitrogens with zero attached hydrogens (tertiary/aromatic N) is 2. The molecule has 1 fully saturated rings. The Labute approximate surface area is 140 Å². The van der Waals surface area contributed by atoms with E-state index in [1.54, 1.807) is 29.2 Å². The maximum Gasteiger partial charge on any atom is 0.254 e. The van der Waals surface area contributed by atoms with Crippen LogP contribution >= 0.6 is 0 Å². The molecular weight excluding hydrogens is 310 g/mol. The summed E-state index contributed by atoms with van der Waals surface area (Å²) < 4.78 is 26.6. The van der Waals surface area contributed by atoms with Gasteiger partial charge in [0, 0.05) is 38.3 Å². The van der Waals surface area contributed by atoms with Crippen LogP contribution in [0.1, 0.15) is 22.3 Å².